The molecule has 0 atom stereocenters. The molecule has 25 heavy (non-hydrogen) atoms. The Morgan fingerprint density at radius 2 is 2.00 bits per heavy atom. The number of aromatic nitrogens is 3. The quantitative estimate of drug-likeness (QED) is 0.744. The second-order valence-electron chi connectivity index (χ2n) is 4.84. The zero-order valence-corrected chi connectivity index (χ0v) is 13.0. The van der Waals surface area contributed by atoms with Crippen molar-refractivity contribution in [2.75, 3.05) is 0 Å². The molecule has 0 amide bonds. The minimum absolute atomic E-state index is 0.0110. The predicted octanol–water partition coefficient (Wildman–Crippen LogP) is 3.84. The smallest absolute Gasteiger partial charge is 0.477 e. The van der Waals surface area contributed by atoms with E-state index in [4.69, 9.17) is 21.1 Å². The van der Waals surface area contributed by atoms with Crippen molar-refractivity contribution >= 4 is 28.5 Å². The van der Waals surface area contributed by atoms with Gasteiger partial charge in [-0.3, -0.25) is 0 Å². The molecule has 0 bridgehead atoms. The molecule has 0 fully saturated rings. The average Bonchev–Trinajstić information content (AvgIpc) is 2.91. The third-order valence-corrected chi connectivity index (χ3v) is 3.36. The van der Waals surface area contributed by atoms with Gasteiger partial charge in [-0.1, -0.05) is 11.6 Å². The number of rotatable bonds is 3. The van der Waals surface area contributed by atoms with Gasteiger partial charge in [0, 0.05) is 12.3 Å². The van der Waals surface area contributed by atoms with Gasteiger partial charge in [-0.2, -0.15) is 0 Å². The van der Waals surface area contributed by atoms with Crippen molar-refractivity contribution in [1.82, 2.24) is 15.2 Å². The van der Waals surface area contributed by atoms with Crippen LogP contribution in [0, 0.1) is 6.92 Å². The lowest BCUT2D eigenvalue weighted by Gasteiger charge is -2.12. The molecular formula is C14H7ClF3N3O4. The van der Waals surface area contributed by atoms with Crippen molar-refractivity contribution < 1.29 is 32.2 Å². The number of aromatic carboxylic acids is 1. The molecular weight excluding hydrogens is 367 g/mol. The summed E-state index contributed by atoms with van der Waals surface area (Å²) in [6.45, 7) is 1.48. The largest absolute Gasteiger partial charge is 0.573 e. The highest BCUT2D eigenvalue weighted by molar-refractivity contribution is 6.36. The van der Waals surface area contributed by atoms with Gasteiger partial charge in [0.1, 0.15) is 11.4 Å². The van der Waals surface area contributed by atoms with Crippen LogP contribution < -0.4 is 4.74 Å². The van der Waals surface area contributed by atoms with Crippen LogP contribution in [0.3, 0.4) is 0 Å². The Morgan fingerprint density at radius 3 is 2.56 bits per heavy atom. The van der Waals surface area contributed by atoms with E-state index in [1.54, 1.807) is 0 Å². The Hall–Kier alpha value is -2.88. The first kappa shape index (κ1) is 17.0. The van der Waals surface area contributed by atoms with Crippen molar-refractivity contribution in [3.63, 3.8) is 0 Å². The molecule has 0 aliphatic rings. The number of aryl methyl sites for hydroxylation is 1. The first-order chi connectivity index (χ1) is 11.6. The zero-order valence-electron chi connectivity index (χ0n) is 12.3. The van der Waals surface area contributed by atoms with Crippen LogP contribution in [0.4, 0.5) is 13.2 Å². The number of halogens is 4. The van der Waals surface area contributed by atoms with Gasteiger partial charge < -0.3 is 14.3 Å². The van der Waals surface area contributed by atoms with Crippen LogP contribution >= 0.6 is 11.6 Å². The third kappa shape index (κ3) is 3.48. The fourth-order valence-corrected chi connectivity index (χ4v) is 2.38. The Bertz CT molecular complexity index is 987. The standard InChI is InChI=1S/C14H7ClF3N3O4/c1-5-20-21-12(24-5)8-3-6(25-14(16,17)18)2-7-9(15)4-10(13(22)23)19-11(7)8/h2-4H,1H3,(H,22,23). The molecule has 0 aliphatic carbocycles. The molecule has 0 aliphatic heterocycles. The van der Waals surface area contributed by atoms with Gasteiger partial charge in [-0.25, -0.2) is 9.78 Å². The van der Waals surface area contributed by atoms with Gasteiger partial charge in [0.2, 0.25) is 11.8 Å². The Kier molecular flexibility index (Phi) is 3.99. The third-order valence-electron chi connectivity index (χ3n) is 3.05. The molecule has 0 unspecified atom stereocenters. The number of pyridine rings is 1. The lowest BCUT2D eigenvalue weighted by molar-refractivity contribution is -0.274. The summed E-state index contributed by atoms with van der Waals surface area (Å²) in [5, 5.41) is 16.3. The van der Waals surface area contributed by atoms with Gasteiger partial charge >= 0.3 is 12.3 Å². The highest BCUT2D eigenvalue weighted by Gasteiger charge is 2.32. The molecule has 0 radical (unpaired) electrons. The fourth-order valence-electron chi connectivity index (χ4n) is 2.13. The van der Waals surface area contributed by atoms with E-state index in [-0.39, 0.29) is 39.0 Å². The van der Waals surface area contributed by atoms with Gasteiger partial charge in [-0.05, 0) is 18.2 Å². The summed E-state index contributed by atoms with van der Waals surface area (Å²) in [7, 11) is 0. The summed E-state index contributed by atoms with van der Waals surface area (Å²) < 4.78 is 46.8. The van der Waals surface area contributed by atoms with Gasteiger partial charge in [0.15, 0.2) is 0 Å². The number of alkyl halides is 3. The molecule has 0 saturated heterocycles. The van der Waals surface area contributed by atoms with E-state index >= 15 is 0 Å². The minimum Gasteiger partial charge on any atom is -0.477 e. The summed E-state index contributed by atoms with van der Waals surface area (Å²) in [5.74, 6) is -1.93. The second kappa shape index (κ2) is 5.88. The maximum atomic E-state index is 12.6. The summed E-state index contributed by atoms with van der Waals surface area (Å²) in [5.41, 5.74) is -0.440. The predicted molar refractivity (Wildman–Crippen MR) is 78.4 cm³/mol. The number of carboxylic acids is 1. The molecule has 11 heteroatoms. The molecule has 2 aromatic heterocycles. The van der Waals surface area contributed by atoms with E-state index in [9.17, 15) is 18.0 Å². The van der Waals surface area contributed by atoms with Crippen LogP contribution in [0.1, 0.15) is 16.4 Å². The summed E-state index contributed by atoms with van der Waals surface area (Å²) in [6.07, 6.45) is -4.93. The second-order valence-corrected chi connectivity index (χ2v) is 5.24. The van der Waals surface area contributed by atoms with E-state index in [2.05, 4.69) is 19.9 Å². The summed E-state index contributed by atoms with van der Waals surface area (Å²) in [4.78, 5) is 15.1. The zero-order chi connectivity index (χ0) is 18.4. The molecule has 1 aromatic carbocycles. The first-order valence-electron chi connectivity index (χ1n) is 6.58. The molecule has 7 nitrogen and oxygen atoms in total. The van der Waals surface area contributed by atoms with Gasteiger partial charge in [-0.15, -0.1) is 23.4 Å². The van der Waals surface area contributed by atoms with Crippen molar-refractivity contribution in [2.24, 2.45) is 0 Å². The SMILES string of the molecule is Cc1nnc(-c2cc(OC(F)(F)F)cc3c(Cl)cc(C(=O)O)nc23)o1. The van der Waals surface area contributed by atoms with Crippen molar-refractivity contribution in [2.45, 2.75) is 13.3 Å². The Labute approximate surface area is 142 Å². The van der Waals surface area contributed by atoms with Crippen LogP contribution in [-0.4, -0.2) is 32.6 Å². The van der Waals surface area contributed by atoms with Crippen LogP contribution in [0.5, 0.6) is 5.75 Å². The van der Waals surface area contributed by atoms with Crippen molar-refractivity contribution in [1.29, 1.82) is 0 Å². The maximum Gasteiger partial charge on any atom is 0.573 e. The van der Waals surface area contributed by atoms with Gasteiger partial charge in [0.25, 0.3) is 0 Å². The number of hydrogen-bond donors (Lipinski definition) is 1. The maximum absolute atomic E-state index is 12.6. The topological polar surface area (TPSA) is 98.3 Å². The summed E-state index contributed by atoms with van der Waals surface area (Å²) >= 11 is 6.01. The monoisotopic (exact) mass is 373 g/mol. The van der Waals surface area contributed by atoms with Crippen LogP contribution in [0.2, 0.25) is 5.02 Å². The van der Waals surface area contributed by atoms with E-state index < -0.39 is 18.1 Å². The molecule has 2 heterocycles. The number of carboxylic acid groups (broad SMARTS) is 1. The average molecular weight is 374 g/mol. The normalized spacial score (nSPS) is 11.7. The number of hydrogen-bond acceptors (Lipinski definition) is 6. The van der Waals surface area contributed by atoms with E-state index in [1.807, 2.05) is 0 Å². The lowest BCUT2D eigenvalue weighted by atomic mass is 10.1. The number of carbonyl (C=O) groups is 1. The van der Waals surface area contributed by atoms with Crippen LogP contribution in [-0.2, 0) is 0 Å². The molecule has 3 aromatic rings. The van der Waals surface area contributed by atoms with Crippen molar-refractivity contribution in [3.05, 3.63) is 34.8 Å². The molecule has 3 rings (SSSR count). The lowest BCUT2D eigenvalue weighted by Crippen LogP contribution is -2.17. The number of fused-ring (bicyclic) bond motifs is 1. The Balaban J connectivity index is 2.33. The van der Waals surface area contributed by atoms with E-state index in [1.165, 1.54) is 6.92 Å². The van der Waals surface area contributed by atoms with Crippen molar-refractivity contribution in [3.8, 4) is 17.2 Å². The molecule has 0 spiro atoms. The highest BCUT2D eigenvalue weighted by atomic mass is 35.5. The highest BCUT2D eigenvalue weighted by Crippen LogP contribution is 2.36. The molecule has 0 saturated carbocycles. The Morgan fingerprint density at radius 1 is 1.28 bits per heavy atom. The molecule has 130 valence electrons. The van der Waals surface area contributed by atoms with E-state index in [0.717, 1.165) is 18.2 Å². The van der Waals surface area contributed by atoms with Gasteiger partial charge in [0.05, 0.1) is 16.1 Å². The number of nitrogens with zero attached hydrogens (tertiary/aromatic N) is 3. The van der Waals surface area contributed by atoms with Crippen LogP contribution in [0.15, 0.2) is 22.6 Å². The van der Waals surface area contributed by atoms with E-state index in [0.29, 0.717) is 0 Å². The molecule has 1 N–H and O–H groups in total. The number of benzene rings is 1. The summed E-state index contributed by atoms with van der Waals surface area (Å²) in [6, 6.07) is 2.99. The van der Waals surface area contributed by atoms with Crippen LogP contribution in [0.25, 0.3) is 22.4 Å². The number of ether oxygens (including phenoxy) is 1. The first-order valence-corrected chi connectivity index (χ1v) is 6.95. The fraction of sp³-hybridized carbons (Fsp3) is 0.143. The minimum atomic E-state index is -4.93.